The van der Waals surface area contributed by atoms with Gasteiger partial charge in [-0.3, -0.25) is 9.69 Å². The van der Waals surface area contributed by atoms with Crippen LogP contribution in [0.5, 0.6) is 11.5 Å². The molecule has 1 atom stereocenters. The van der Waals surface area contributed by atoms with E-state index in [2.05, 4.69) is 34.5 Å². The second-order valence-electron chi connectivity index (χ2n) is 7.35. The Kier molecular flexibility index (Phi) is 7.53. The van der Waals surface area contributed by atoms with Gasteiger partial charge in [0.05, 0.1) is 19.3 Å². The fourth-order valence-corrected chi connectivity index (χ4v) is 3.74. The average Bonchev–Trinajstić information content (AvgIpc) is 2.75. The van der Waals surface area contributed by atoms with E-state index in [4.69, 9.17) is 9.47 Å². The van der Waals surface area contributed by atoms with Crippen LogP contribution < -0.4 is 14.8 Å². The Hall–Kier alpha value is -2.53. The third-order valence-corrected chi connectivity index (χ3v) is 5.41. The van der Waals surface area contributed by atoms with Gasteiger partial charge >= 0.3 is 0 Å². The summed E-state index contributed by atoms with van der Waals surface area (Å²) in [5.41, 5.74) is 3.85. The molecule has 1 amide bonds. The minimum Gasteiger partial charge on any atom is -0.490 e. The van der Waals surface area contributed by atoms with Gasteiger partial charge in [0.15, 0.2) is 11.5 Å². The van der Waals surface area contributed by atoms with Crippen molar-refractivity contribution in [2.24, 2.45) is 0 Å². The third-order valence-electron chi connectivity index (χ3n) is 5.41. The molecule has 0 radical (unpaired) electrons. The van der Waals surface area contributed by atoms with Crippen molar-refractivity contribution in [3.8, 4) is 11.5 Å². The maximum Gasteiger partial charge on any atom is 0.237 e. The zero-order chi connectivity index (χ0) is 20.6. The summed E-state index contributed by atoms with van der Waals surface area (Å²) in [5.74, 6) is 1.61. The largest absolute Gasteiger partial charge is 0.490 e. The van der Waals surface area contributed by atoms with Crippen LogP contribution >= 0.6 is 0 Å². The molecule has 1 N–H and O–H groups in total. The topological polar surface area (TPSA) is 50.8 Å². The summed E-state index contributed by atoms with van der Waals surface area (Å²) in [6.07, 6.45) is 1.76. The van der Waals surface area contributed by atoms with E-state index in [0.717, 1.165) is 43.0 Å². The molecule has 1 unspecified atom stereocenters. The molecule has 156 valence electrons. The molecule has 1 aliphatic heterocycles. The summed E-state index contributed by atoms with van der Waals surface area (Å²) < 4.78 is 11.3. The van der Waals surface area contributed by atoms with Gasteiger partial charge < -0.3 is 14.8 Å². The first kappa shape index (κ1) is 21.2. The highest BCUT2D eigenvalue weighted by molar-refractivity contribution is 5.81. The molecule has 2 aromatic carbocycles. The Balaban J connectivity index is 1.51. The molecule has 0 saturated heterocycles. The number of hydrogen-bond donors (Lipinski definition) is 1. The molecule has 2 aromatic rings. The fraction of sp³-hybridized carbons (Fsp3) is 0.458. The standard InChI is InChI=1S/C24H32N2O3/c1-4-28-22-11-10-19(16-23(22)29-5-2)12-14-25-24(27)18(3)26-15-13-20-8-6-7-9-21(20)17-26/h6-11,16,18H,4-5,12-15,17H2,1-3H3,(H,25,27). The van der Waals surface area contributed by atoms with E-state index in [-0.39, 0.29) is 11.9 Å². The lowest BCUT2D eigenvalue weighted by molar-refractivity contribution is -0.126. The lowest BCUT2D eigenvalue weighted by Gasteiger charge is -2.32. The van der Waals surface area contributed by atoms with E-state index in [1.807, 2.05) is 39.0 Å². The highest BCUT2D eigenvalue weighted by Gasteiger charge is 2.24. The molecular weight excluding hydrogens is 364 g/mol. The quantitative estimate of drug-likeness (QED) is 0.704. The molecule has 0 aromatic heterocycles. The van der Waals surface area contributed by atoms with Crippen LogP contribution in [-0.4, -0.2) is 43.2 Å². The van der Waals surface area contributed by atoms with E-state index in [0.29, 0.717) is 19.8 Å². The van der Waals surface area contributed by atoms with Gasteiger partial charge in [0.25, 0.3) is 0 Å². The van der Waals surface area contributed by atoms with Crippen LogP contribution in [-0.2, 0) is 24.2 Å². The Bertz CT molecular complexity index is 822. The van der Waals surface area contributed by atoms with E-state index in [1.165, 1.54) is 11.1 Å². The number of amides is 1. The lowest BCUT2D eigenvalue weighted by atomic mass is 9.99. The van der Waals surface area contributed by atoms with Gasteiger partial charge in [-0.1, -0.05) is 30.3 Å². The molecule has 5 heteroatoms. The summed E-state index contributed by atoms with van der Waals surface area (Å²) in [4.78, 5) is 14.9. The number of fused-ring (bicyclic) bond motifs is 1. The van der Waals surface area contributed by atoms with Crippen LogP contribution in [0.4, 0.5) is 0 Å². The van der Waals surface area contributed by atoms with Crippen LogP contribution in [0.1, 0.15) is 37.5 Å². The number of carbonyl (C=O) groups excluding carboxylic acids is 1. The predicted octanol–water partition coefficient (Wildman–Crippen LogP) is 3.59. The first-order valence-corrected chi connectivity index (χ1v) is 10.6. The Morgan fingerprint density at radius 2 is 1.79 bits per heavy atom. The predicted molar refractivity (Wildman–Crippen MR) is 116 cm³/mol. The molecule has 0 spiro atoms. The normalized spacial score (nSPS) is 14.7. The van der Waals surface area contributed by atoms with E-state index in [1.54, 1.807) is 0 Å². The number of rotatable bonds is 9. The molecule has 5 nitrogen and oxygen atoms in total. The zero-order valence-electron chi connectivity index (χ0n) is 17.7. The van der Waals surface area contributed by atoms with Gasteiger partial charge in [-0.15, -0.1) is 0 Å². The summed E-state index contributed by atoms with van der Waals surface area (Å²) in [7, 11) is 0. The van der Waals surface area contributed by atoms with E-state index >= 15 is 0 Å². The molecule has 3 rings (SSSR count). The number of carbonyl (C=O) groups is 1. The average molecular weight is 397 g/mol. The summed E-state index contributed by atoms with van der Waals surface area (Å²) in [6.45, 7) is 9.47. The monoisotopic (exact) mass is 396 g/mol. The van der Waals surface area contributed by atoms with Crippen LogP contribution in [0.2, 0.25) is 0 Å². The smallest absolute Gasteiger partial charge is 0.237 e. The van der Waals surface area contributed by atoms with Gasteiger partial charge in [0.1, 0.15) is 0 Å². The molecule has 0 fully saturated rings. The minimum atomic E-state index is -0.136. The van der Waals surface area contributed by atoms with Gasteiger partial charge in [-0.25, -0.2) is 0 Å². The minimum absolute atomic E-state index is 0.0837. The molecule has 1 aliphatic rings. The Morgan fingerprint density at radius 1 is 1.07 bits per heavy atom. The van der Waals surface area contributed by atoms with Crippen molar-refractivity contribution in [1.82, 2.24) is 10.2 Å². The molecular formula is C24H32N2O3. The lowest BCUT2D eigenvalue weighted by Crippen LogP contribution is -2.47. The van der Waals surface area contributed by atoms with Crippen molar-refractivity contribution in [1.29, 1.82) is 0 Å². The van der Waals surface area contributed by atoms with Crippen molar-refractivity contribution in [3.05, 3.63) is 59.2 Å². The first-order chi connectivity index (χ1) is 14.1. The maximum atomic E-state index is 12.7. The van der Waals surface area contributed by atoms with Crippen molar-refractivity contribution in [2.75, 3.05) is 26.3 Å². The number of hydrogen-bond acceptors (Lipinski definition) is 4. The summed E-state index contributed by atoms with van der Waals surface area (Å²) in [5, 5.41) is 3.09. The summed E-state index contributed by atoms with van der Waals surface area (Å²) >= 11 is 0. The van der Waals surface area contributed by atoms with Crippen LogP contribution in [0.3, 0.4) is 0 Å². The highest BCUT2D eigenvalue weighted by atomic mass is 16.5. The second kappa shape index (κ2) is 10.3. The zero-order valence-corrected chi connectivity index (χ0v) is 17.7. The molecule has 0 aliphatic carbocycles. The molecule has 1 heterocycles. The maximum absolute atomic E-state index is 12.7. The number of nitrogens with zero attached hydrogens (tertiary/aromatic N) is 1. The fourth-order valence-electron chi connectivity index (χ4n) is 3.74. The van der Waals surface area contributed by atoms with Crippen LogP contribution in [0, 0.1) is 0 Å². The first-order valence-electron chi connectivity index (χ1n) is 10.6. The SMILES string of the molecule is CCOc1ccc(CCNC(=O)C(C)N2CCc3ccccc3C2)cc1OCC. The number of nitrogens with one attached hydrogen (secondary N) is 1. The van der Waals surface area contributed by atoms with Crippen molar-refractivity contribution in [2.45, 2.75) is 46.2 Å². The van der Waals surface area contributed by atoms with Gasteiger partial charge in [0.2, 0.25) is 5.91 Å². The van der Waals surface area contributed by atoms with E-state index < -0.39 is 0 Å². The summed E-state index contributed by atoms with van der Waals surface area (Å²) in [6, 6.07) is 14.3. The molecule has 0 bridgehead atoms. The highest BCUT2D eigenvalue weighted by Crippen LogP contribution is 2.28. The van der Waals surface area contributed by atoms with Crippen molar-refractivity contribution in [3.63, 3.8) is 0 Å². The van der Waals surface area contributed by atoms with Crippen molar-refractivity contribution < 1.29 is 14.3 Å². The molecule has 29 heavy (non-hydrogen) atoms. The van der Waals surface area contributed by atoms with Gasteiger partial charge in [0, 0.05) is 19.6 Å². The number of benzene rings is 2. The van der Waals surface area contributed by atoms with Gasteiger partial charge in [-0.2, -0.15) is 0 Å². The van der Waals surface area contributed by atoms with Gasteiger partial charge in [-0.05, 0) is 62.4 Å². The second-order valence-corrected chi connectivity index (χ2v) is 7.35. The molecule has 0 saturated carbocycles. The van der Waals surface area contributed by atoms with Crippen LogP contribution in [0.15, 0.2) is 42.5 Å². The number of ether oxygens (including phenoxy) is 2. The Morgan fingerprint density at radius 3 is 2.55 bits per heavy atom. The van der Waals surface area contributed by atoms with E-state index in [9.17, 15) is 4.79 Å². The van der Waals surface area contributed by atoms with Crippen LogP contribution in [0.25, 0.3) is 0 Å². The third kappa shape index (κ3) is 5.51. The Labute approximate surface area is 174 Å². The van der Waals surface area contributed by atoms with Crippen molar-refractivity contribution >= 4 is 5.91 Å².